The maximum absolute atomic E-state index is 12.2. The number of carbonyl (C=O) groups is 1. The molecule has 4 nitrogen and oxygen atoms in total. The quantitative estimate of drug-likeness (QED) is 0.637. The van der Waals surface area contributed by atoms with Crippen molar-refractivity contribution >= 4 is 23.2 Å². The third-order valence-corrected chi connectivity index (χ3v) is 3.97. The van der Waals surface area contributed by atoms with E-state index >= 15 is 0 Å². The summed E-state index contributed by atoms with van der Waals surface area (Å²) in [6.45, 7) is 4.19. The molecule has 0 heterocycles. The largest absolute Gasteiger partial charge is 0.360 e. The summed E-state index contributed by atoms with van der Waals surface area (Å²) in [5.41, 5.74) is 3.78. The molecular weight excluding hydrogens is 322 g/mol. The van der Waals surface area contributed by atoms with Crippen LogP contribution in [0, 0.1) is 25.2 Å². The Bertz CT molecular complexity index is 801. The van der Waals surface area contributed by atoms with Crippen molar-refractivity contribution in [3.8, 4) is 6.07 Å². The summed E-state index contributed by atoms with van der Waals surface area (Å²) in [5.74, 6) is -0.448. The van der Waals surface area contributed by atoms with Gasteiger partial charge in [0.05, 0.1) is 0 Å². The first kappa shape index (κ1) is 17.6. The number of carbonyl (C=O) groups excluding carboxylic acids is 1. The van der Waals surface area contributed by atoms with Gasteiger partial charge in [0.15, 0.2) is 0 Å². The van der Waals surface area contributed by atoms with Crippen molar-refractivity contribution in [2.75, 3.05) is 5.32 Å². The lowest BCUT2D eigenvalue weighted by Gasteiger charge is -2.10. The number of hydrogen-bond donors (Lipinski definition) is 2. The summed E-state index contributed by atoms with van der Waals surface area (Å²) in [4.78, 5) is 12.2. The molecule has 24 heavy (non-hydrogen) atoms. The predicted molar refractivity (Wildman–Crippen MR) is 96.5 cm³/mol. The Morgan fingerprint density at radius 1 is 1.17 bits per heavy atom. The van der Waals surface area contributed by atoms with Crippen LogP contribution in [0.3, 0.4) is 0 Å². The Morgan fingerprint density at radius 2 is 1.83 bits per heavy atom. The Morgan fingerprint density at radius 3 is 2.46 bits per heavy atom. The van der Waals surface area contributed by atoms with Crippen molar-refractivity contribution in [1.29, 1.82) is 5.26 Å². The molecule has 5 heteroatoms. The van der Waals surface area contributed by atoms with Gasteiger partial charge in [-0.15, -0.1) is 0 Å². The molecule has 2 aromatic rings. The molecule has 0 radical (unpaired) electrons. The van der Waals surface area contributed by atoms with Crippen molar-refractivity contribution in [2.24, 2.45) is 0 Å². The third-order valence-electron chi connectivity index (χ3n) is 3.60. The standard InChI is InChI=1S/C19H18ClN3O/c1-13-6-5-7-14(2)18(13)22-12-16(10-21)19(24)23-11-15-8-3-4-9-17(15)20/h3-9,12,22H,11H2,1-2H3,(H,23,24)/b16-12-. The highest BCUT2D eigenvalue weighted by Crippen LogP contribution is 2.19. The Labute approximate surface area is 146 Å². The first-order chi connectivity index (χ1) is 11.5. The molecule has 0 bridgehead atoms. The SMILES string of the molecule is Cc1cccc(C)c1N/C=C(/C#N)C(=O)NCc1ccccc1Cl. The highest BCUT2D eigenvalue weighted by molar-refractivity contribution is 6.31. The first-order valence-electron chi connectivity index (χ1n) is 7.47. The maximum Gasteiger partial charge on any atom is 0.263 e. The number of nitrogens with one attached hydrogen (secondary N) is 2. The zero-order chi connectivity index (χ0) is 17.5. The Kier molecular flexibility index (Phi) is 6.00. The second-order valence-corrected chi connectivity index (χ2v) is 5.76. The monoisotopic (exact) mass is 339 g/mol. The molecule has 0 aliphatic rings. The van der Waals surface area contributed by atoms with E-state index in [0.29, 0.717) is 5.02 Å². The van der Waals surface area contributed by atoms with Gasteiger partial charge in [-0.25, -0.2) is 0 Å². The van der Waals surface area contributed by atoms with Crippen molar-refractivity contribution < 1.29 is 4.79 Å². The molecule has 0 fully saturated rings. The fourth-order valence-electron chi connectivity index (χ4n) is 2.25. The molecule has 0 saturated carbocycles. The summed E-state index contributed by atoms with van der Waals surface area (Å²) in [6, 6.07) is 15.1. The number of amides is 1. The summed E-state index contributed by atoms with van der Waals surface area (Å²) in [7, 11) is 0. The van der Waals surface area contributed by atoms with E-state index in [0.717, 1.165) is 22.4 Å². The number of aryl methyl sites for hydroxylation is 2. The van der Waals surface area contributed by atoms with Crippen LogP contribution >= 0.6 is 11.6 Å². The van der Waals surface area contributed by atoms with E-state index in [1.807, 2.05) is 56.3 Å². The molecular formula is C19H18ClN3O. The van der Waals surface area contributed by atoms with E-state index in [2.05, 4.69) is 10.6 Å². The van der Waals surface area contributed by atoms with Gasteiger partial charge >= 0.3 is 0 Å². The normalized spacial score (nSPS) is 10.8. The minimum Gasteiger partial charge on any atom is -0.360 e. The van der Waals surface area contributed by atoms with E-state index in [4.69, 9.17) is 11.6 Å². The van der Waals surface area contributed by atoms with Crippen LogP contribution in [0.2, 0.25) is 5.02 Å². The lowest BCUT2D eigenvalue weighted by atomic mass is 10.1. The number of halogens is 1. The number of nitrogens with zero attached hydrogens (tertiary/aromatic N) is 1. The summed E-state index contributed by atoms with van der Waals surface area (Å²) < 4.78 is 0. The molecule has 0 aliphatic heterocycles. The van der Waals surface area contributed by atoms with Crippen molar-refractivity contribution in [3.05, 3.63) is 76.0 Å². The second-order valence-electron chi connectivity index (χ2n) is 5.36. The molecule has 122 valence electrons. The molecule has 0 aliphatic carbocycles. The number of nitriles is 1. The van der Waals surface area contributed by atoms with Gasteiger partial charge in [0.2, 0.25) is 0 Å². The fraction of sp³-hybridized carbons (Fsp3) is 0.158. The smallest absolute Gasteiger partial charge is 0.263 e. The van der Waals surface area contributed by atoms with Crippen molar-refractivity contribution in [2.45, 2.75) is 20.4 Å². The minimum absolute atomic E-state index is 0.00436. The van der Waals surface area contributed by atoms with Gasteiger partial charge in [-0.2, -0.15) is 5.26 Å². The topological polar surface area (TPSA) is 64.9 Å². The third kappa shape index (κ3) is 4.37. The molecule has 2 rings (SSSR count). The molecule has 0 unspecified atom stereocenters. The fourth-order valence-corrected chi connectivity index (χ4v) is 2.45. The number of rotatable bonds is 5. The highest BCUT2D eigenvalue weighted by Gasteiger charge is 2.10. The summed E-state index contributed by atoms with van der Waals surface area (Å²) in [5, 5.41) is 15.6. The van der Waals surface area contributed by atoms with Gasteiger partial charge in [-0.05, 0) is 36.6 Å². The van der Waals surface area contributed by atoms with Crippen LogP contribution in [-0.2, 0) is 11.3 Å². The maximum atomic E-state index is 12.2. The van der Waals surface area contributed by atoms with Crippen LogP contribution in [0.4, 0.5) is 5.69 Å². The van der Waals surface area contributed by atoms with E-state index < -0.39 is 5.91 Å². The van der Waals surface area contributed by atoms with Crippen molar-refractivity contribution in [3.63, 3.8) is 0 Å². The summed E-state index contributed by atoms with van der Waals surface area (Å²) in [6.07, 6.45) is 1.43. The van der Waals surface area contributed by atoms with Crippen LogP contribution in [0.1, 0.15) is 16.7 Å². The van der Waals surface area contributed by atoms with Gasteiger partial charge in [-0.1, -0.05) is 48.0 Å². The van der Waals surface area contributed by atoms with Gasteiger partial charge < -0.3 is 10.6 Å². The van der Waals surface area contributed by atoms with E-state index in [1.54, 1.807) is 6.07 Å². The van der Waals surface area contributed by atoms with Crippen LogP contribution in [-0.4, -0.2) is 5.91 Å². The molecule has 0 atom stereocenters. The van der Waals surface area contributed by atoms with Crippen molar-refractivity contribution in [1.82, 2.24) is 5.32 Å². The first-order valence-corrected chi connectivity index (χ1v) is 7.85. The molecule has 0 spiro atoms. The number of benzene rings is 2. The number of anilines is 1. The summed E-state index contributed by atoms with van der Waals surface area (Å²) >= 11 is 6.05. The van der Waals surface area contributed by atoms with Crippen LogP contribution in [0.25, 0.3) is 0 Å². The lowest BCUT2D eigenvalue weighted by Crippen LogP contribution is -2.24. The van der Waals surface area contributed by atoms with Gasteiger partial charge in [0.1, 0.15) is 11.6 Å². The minimum atomic E-state index is -0.448. The van der Waals surface area contributed by atoms with Crippen LogP contribution in [0.5, 0.6) is 0 Å². The van der Waals surface area contributed by atoms with Crippen LogP contribution < -0.4 is 10.6 Å². The molecule has 0 saturated heterocycles. The molecule has 0 aromatic heterocycles. The van der Waals surface area contributed by atoms with Crippen LogP contribution in [0.15, 0.2) is 54.2 Å². The zero-order valence-electron chi connectivity index (χ0n) is 13.6. The highest BCUT2D eigenvalue weighted by atomic mass is 35.5. The number of hydrogen-bond acceptors (Lipinski definition) is 3. The molecule has 2 aromatic carbocycles. The lowest BCUT2D eigenvalue weighted by molar-refractivity contribution is -0.117. The average molecular weight is 340 g/mol. The van der Waals surface area contributed by atoms with Gasteiger partial charge in [0, 0.05) is 23.5 Å². The zero-order valence-corrected chi connectivity index (χ0v) is 14.3. The second kappa shape index (κ2) is 8.19. The Balaban J connectivity index is 2.06. The van der Waals surface area contributed by atoms with E-state index in [-0.39, 0.29) is 12.1 Å². The predicted octanol–water partition coefficient (Wildman–Crippen LogP) is 4.09. The Hall–Kier alpha value is -2.77. The van der Waals surface area contributed by atoms with Gasteiger partial charge in [-0.3, -0.25) is 4.79 Å². The molecule has 2 N–H and O–H groups in total. The van der Waals surface area contributed by atoms with E-state index in [9.17, 15) is 10.1 Å². The molecule has 1 amide bonds. The van der Waals surface area contributed by atoms with E-state index in [1.165, 1.54) is 6.20 Å². The average Bonchev–Trinajstić information content (AvgIpc) is 2.57. The van der Waals surface area contributed by atoms with Gasteiger partial charge in [0.25, 0.3) is 5.91 Å². The number of para-hydroxylation sites is 1.